The minimum atomic E-state index is -0.574. The zero-order chi connectivity index (χ0) is 49.4. The molecule has 8 heteroatoms. The lowest BCUT2D eigenvalue weighted by molar-refractivity contribution is 0.0732. The summed E-state index contributed by atoms with van der Waals surface area (Å²) in [7, 11) is 0. The van der Waals surface area contributed by atoms with Crippen LogP contribution >= 0.6 is 0 Å². The van der Waals surface area contributed by atoms with Gasteiger partial charge in [-0.15, -0.1) is 0 Å². The van der Waals surface area contributed by atoms with E-state index in [1.807, 2.05) is 36.4 Å². The number of halogens is 2. The molecule has 0 aromatic heterocycles. The van der Waals surface area contributed by atoms with Crippen LogP contribution in [0.1, 0.15) is 198 Å². The normalized spacial score (nSPS) is 11.4. The number of ether oxygens (including phenoxy) is 4. The van der Waals surface area contributed by atoms with Gasteiger partial charge in [0.05, 0.1) is 24.3 Å². The number of benzene rings is 5. The molecule has 0 bridgehead atoms. The van der Waals surface area contributed by atoms with Crippen LogP contribution in [-0.2, 0) is 0 Å². The van der Waals surface area contributed by atoms with Gasteiger partial charge in [0.25, 0.3) is 0 Å². The maximum Gasteiger partial charge on any atom is 0.343 e. The van der Waals surface area contributed by atoms with Crippen molar-refractivity contribution >= 4 is 36.2 Å². The Morgan fingerprint density at radius 1 is 0.386 bits per heavy atom. The Morgan fingerprint density at radius 3 is 1.04 bits per heavy atom. The van der Waals surface area contributed by atoms with Gasteiger partial charge in [0.1, 0.15) is 11.5 Å². The molecule has 5 aromatic rings. The molecular weight excluding hydrogens is 879 g/mol. The number of hydrogen-bond donors (Lipinski definition) is 0. The lowest BCUT2D eigenvalue weighted by Gasteiger charge is -2.08. The Balaban J connectivity index is 0.983. The summed E-state index contributed by atoms with van der Waals surface area (Å²) in [5.41, 5.74) is 3.70. The summed E-state index contributed by atoms with van der Waals surface area (Å²) in [6.45, 7) is 5.50. The van der Waals surface area contributed by atoms with Crippen molar-refractivity contribution in [3.8, 4) is 23.0 Å². The predicted octanol–water partition coefficient (Wildman–Crippen LogP) is 18.1. The maximum atomic E-state index is 14.8. The Hall–Kier alpha value is -6.02. The third-order valence-electron chi connectivity index (χ3n) is 12.4. The molecule has 0 aliphatic heterocycles. The highest BCUT2D eigenvalue weighted by molar-refractivity contribution is 5.92. The molecule has 70 heavy (non-hydrogen) atoms. The quantitative estimate of drug-likeness (QED) is 0.0177. The van der Waals surface area contributed by atoms with Crippen LogP contribution in [0.3, 0.4) is 0 Å². The Kier molecular flexibility index (Phi) is 25.7. The van der Waals surface area contributed by atoms with Crippen molar-refractivity contribution in [2.75, 3.05) is 13.2 Å². The summed E-state index contributed by atoms with van der Waals surface area (Å²) in [6, 6.07) is 30.0. The van der Waals surface area contributed by atoms with Crippen LogP contribution in [0.5, 0.6) is 23.0 Å². The van der Waals surface area contributed by atoms with E-state index in [1.54, 1.807) is 78.9 Å². The van der Waals surface area contributed by atoms with E-state index in [2.05, 4.69) is 13.8 Å². The van der Waals surface area contributed by atoms with E-state index in [0.717, 1.165) is 36.8 Å². The molecule has 6 nitrogen and oxygen atoms in total. The van der Waals surface area contributed by atoms with Gasteiger partial charge in [0, 0.05) is 6.07 Å². The van der Waals surface area contributed by atoms with E-state index < -0.39 is 23.6 Å². The van der Waals surface area contributed by atoms with Crippen LogP contribution in [0, 0.1) is 11.6 Å². The zero-order valence-electron chi connectivity index (χ0n) is 41.9. The van der Waals surface area contributed by atoms with Crippen LogP contribution in [0.25, 0.3) is 24.3 Å². The van der Waals surface area contributed by atoms with E-state index in [9.17, 15) is 18.4 Å². The summed E-state index contributed by atoms with van der Waals surface area (Å²) in [5.74, 6) is -0.978. The number of hydrogen-bond acceptors (Lipinski definition) is 6. The molecule has 5 aromatic carbocycles. The monoisotopic (exact) mass is 955 g/mol. The molecule has 0 saturated carbocycles. The van der Waals surface area contributed by atoms with E-state index in [1.165, 1.54) is 134 Å². The zero-order valence-corrected chi connectivity index (χ0v) is 41.9. The highest BCUT2D eigenvalue weighted by Gasteiger charge is 2.13. The molecule has 0 aliphatic carbocycles. The number of esters is 2. The molecule has 0 N–H and O–H groups in total. The Bertz CT molecular complexity index is 2170. The highest BCUT2D eigenvalue weighted by atomic mass is 19.1. The Labute approximate surface area is 417 Å². The first-order valence-electron chi connectivity index (χ1n) is 26.3. The summed E-state index contributed by atoms with van der Waals surface area (Å²) in [4.78, 5) is 26.0. The molecule has 0 aliphatic rings. The van der Waals surface area contributed by atoms with E-state index in [-0.39, 0.29) is 23.0 Å². The van der Waals surface area contributed by atoms with Crippen molar-refractivity contribution in [1.29, 1.82) is 0 Å². The predicted molar refractivity (Wildman–Crippen MR) is 284 cm³/mol. The molecule has 0 fully saturated rings. The molecular formula is C62H76F2O6. The molecule has 0 atom stereocenters. The van der Waals surface area contributed by atoms with E-state index in [0.29, 0.717) is 35.5 Å². The van der Waals surface area contributed by atoms with Crippen LogP contribution in [-0.4, -0.2) is 25.2 Å². The van der Waals surface area contributed by atoms with Crippen molar-refractivity contribution < 1.29 is 37.3 Å². The van der Waals surface area contributed by atoms with Gasteiger partial charge in [-0.1, -0.05) is 209 Å². The van der Waals surface area contributed by atoms with Crippen molar-refractivity contribution in [3.05, 3.63) is 154 Å². The van der Waals surface area contributed by atoms with Crippen molar-refractivity contribution in [1.82, 2.24) is 0 Å². The van der Waals surface area contributed by atoms with E-state index in [4.69, 9.17) is 18.9 Å². The van der Waals surface area contributed by atoms with Crippen LogP contribution in [0.2, 0.25) is 0 Å². The van der Waals surface area contributed by atoms with Crippen LogP contribution in [0.15, 0.2) is 109 Å². The van der Waals surface area contributed by atoms with E-state index >= 15 is 0 Å². The summed E-state index contributed by atoms with van der Waals surface area (Å²) in [5, 5.41) is 0. The number of rotatable bonds is 34. The minimum absolute atomic E-state index is 0.216. The fraction of sp³-hybridized carbons (Fsp3) is 0.419. The van der Waals surface area contributed by atoms with Gasteiger partial charge >= 0.3 is 11.9 Å². The van der Waals surface area contributed by atoms with Crippen molar-refractivity contribution in [2.45, 2.75) is 155 Å². The second kappa shape index (κ2) is 32.7. The summed E-state index contributed by atoms with van der Waals surface area (Å²) < 4.78 is 52.3. The van der Waals surface area contributed by atoms with Gasteiger partial charge in [-0.05, 0) is 95.8 Å². The van der Waals surface area contributed by atoms with Crippen LogP contribution < -0.4 is 18.9 Å². The molecule has 0 heterocycles. The third kappa shape index (κ3) is 21.3. The van der Waals surface area contributed by atoms with Gasteiger partial charge < -0.3 is 18.9 Å². The molecule has 0 spiro atoms. The van der Waals surface area contributed by atoms with Gasteiger partial charge in [-0.2, -0.15) is 0 Å². The standard InChI is InChI=1S/C62H76F2O6/c1-3-5-7-9-11-13-15-17-19-21-23-44-67-59-42-36-51(46-57(59)63)30-28-49-32-38-53(39-33-49)61(65)69-55-26-25-27-56(48-55)70-62(66)54-40-34-50(35-41-54)29-31-52-37-43-60(58(64)47-52)68-45-24-22-20-18-16-14-12-10-8-6-4-2/h25-43,46-48H,3-24,44-45H2,1-2H3/b30-28+,31-29+. The molecule has 5 rings (SSSR count). The SMILES string of the molecule is CCCCCCCCCCCCCOc1ccc(/C=C/c2ccc(C(=O)Oc3cccc(OC(=O)c4ccc(/C=C/c5ccc(OCCCCCCCCCCCCC)c(F)c5)cc4)c3)cc2)cc1F. The molecule has 0 amide bonds. The first kappa shape index (κ1) is 54.9. The summed E-state index contributed by atoms with van der Waals surface area (Å²) >= 11 is 0. The van der Waals surface area contributed by atoms with Gasteiger partial charge in [-0.3, -0.25) is 0 Å². The lowest BCUT2D eigenvalue weighted by Crippen LogP contribution is -2.10. The molecule has 0 radical (unpaired) electrons. The number of unbranched alkanes of at least 4 members (excludes halogenated alkanes) is 20. The topological polar surface area (TPSA) is 71.1 Å². The van der Waals surface area contributed by atoms with Crippen molar-refractivity contribution in [3.63, 3.8) is 0 Å². The number of carbonyl (C=O) groups is 2. The molecule has 374 valence electrons. The maximum absolute atomic E-state index is 14.8. The van der Waals surface area contributed by atoms with Gasteiger partial charge in [-0.25, -0.2) is 18.4 Å². The van der Waals surface area contributed by atoms with Crippen LogP contribution in [0.4, 0.5) is 8.78 Å². The van der Waals surface area contributed by atoms with Gasteiger partial charge in [0.2, 0.25) is 0 Å². The second-order valence-electron chi connectivity index (χ2n) is 18.3. The van der Waals surface area contributed by atoms with Crippen molar-refractivity contribution in [2.24, 2.45) is 0 Å². The lowest BCUT2D eigenvalue weighted by atomic mass is 10.1. The smallest absolute Gasteiger partial charge is 0.343 e. The third-order valence-corrected chi connectivity index (χ3v) is 12.4. The van der Waals surface area contributed by atoms with Gasteiger partial charge in [0.15, 0.2) is 23.1 Å². The fourth-order valence-electron chi connectivity index (χ4n) is 8.15. The first-order valence-corrected chi connectivity index (χ1v) is 26.3. The highest BCUT2D eigenvalue weighted by Crippen LogP contribution is 2.25. The first-order chi connectivity index (χ1) is 34.3. The fourth-order valence-corrected chi connectivity index (χ4v) is 8.15. The molecule has 0 saturated heterocycles. The minimum Gasteiger partial charge on any atom is -0.491 e. The average molecular weight is 955 g/mol. The molecule has 0 unspecified atom stereocenters. The average Bonchev–Trinajstić information content (AvgIpc) is 3.37. The summed E-state index contributed by atoms with van der Waals surface area (Å²) in [6.07, 6.45) is 34.8. The largest absolute Gasteiger partial charge is 0.491 e. The Morgan fingerprint density at radius 2 is 0.700 bits per heavy atom. The number of carbonyl (C=O) groups excluding carboxylic acids is 2. The second-order valence-corrected chi connectivity index (χ2v) is 18.3.